The van der Waals surface area contributed by atoms with Gasteiger partial charge in [0.15, 0.2) is 0 Å². The van der Waals surface area contributed by atoms with Gasteiger partial charge in [-0.3, -0.25) is 0 Å². The van der Waals surface area contributed by atoms with Crippen molar-refractivity contribution in [1.29, 1.82) is 0 Å². The Labute approximate surface area is 70.1 Å². The van der Waals surface area contributed by atoms with Crippen LogP contribution in [0.15, 0.2) is 0 Å². The van der Waals surface area contributed by atoms with E-state index in [1.807, 2.05) is 0 Å². The van der Waals surface area contributed by atoms with Crippen molar-refractivity contribution >= 4 is 0 Å². The second-order valence-electron chi connectivity index (χ2n) is 3.99. The Hall–Kier alpha value is -0.0800. The highest BCUT2D eigenvalue weighted by Gasteiger charge is 2.24. The molecule has 0 saturated heterocycles. The fraction of sp³-hybridized carbons (Fsp3) is 1.00. The van der Waals surface area contributed by atoms with Gasteiger partial charge in [0.2, 0.25) is 0 Å². The maximum Gasteiger partial charge on any atom is 0.0732 e. The van der Waals surface area contributed by atoms with Gasteiger partial charge in [0, 0.05) is 0 Å². The average molecular weight is 159 g/mol. The molecular formula is C9H21NO. The molecule has 0 bridgehead atoms. The Kier molecular flexibility index (Phi) is 4.69. The standard InChI is InChI=1S/C9H21NO/c1-5-6-8(2)9(3,4)7-11-10/h8H,5-7,10H2,1-4H3. The SMILES string of the molecule is CCCC(C)C(C)(C)CON. The first-order chi connectivity index (χ1) is 5.04. The van der Waals surface area contributed by atoms with E-state index in [-0.39, 0.29) is 5.41 Å². The Morgan fingerprint density at radius 1 is 1.45 bits per heavy atom. The summed E-state index contributed by atoms with van der Waals surface area (Å²) in [4.78, 5) is 4.67. The van der Waals surface area contributed by atoms with Crippen LogP contribution in [0.4, 0.5) is 0 Å². The maximum atomic E-state index is 5.05. The Bertz CT molecular complexity index is 102. The van der Waals surface area contributed by atoms with Crippen molar-refractivity contribution in [3.8, 4) is 0 Å². The van der Waals surface area contributed by atoms with E-state index < -0.39 is 0 Å². The Morgan fingerprint density at radius 3 is 2.36 bits per heavy atom. The zero-order valence-electron chi connectivity index (χ0n) is 8.18. The van der Waals surface area contributed by atoms with Crippen molar-refractivity contribution in [2.75, 3.05) is 6.61 Å². The molecule has 0 fully saturated rings. The summed E-state index contributed by atoms with van der Waals surface area (Å²) < 4.78 is 0. The van der Waals surface area contributed by atoms with Crippen LogP contribution in [0.25, 0.3) is 0 Å². The second-order valence-corrected chi connectivity index (χ2v) is 3.99. The smallest absolute Gasteiger partial charge is 0.0732 e. The van der Waals surface area contributed by atoms with Crippen molar-refractivity contribution in [2.24, 2.45) is 17.2 Å². The van der Waals surface area contributed by atoms with Crippen molar-refractivity contribution < 1.29 is 4.84 Å². The second kappa shape index (κ2) is 4.73. The molecule has 0 heterocycles. The van der Waals surface area contributed by atoms with Gasteiger partial charge in [-0.05, 0) is 11.3 Å². The molecule has 1 atom stereocenters. The normalized spacial score (nSPS) is 15.0. The number of rotatable bonds is 5. The fourth-order valence-corrected chi connectivity index (χ4v) is 1.18. The third-order valence-corrected chi connectivity index (χ3v) is 2.51. The lowest BCUT2D eigenvalue weighted by molar-refractivity contribution is 0.0302. The van der Waals surface area contributed by atoms with Crippen LogP contribution in [0.2, 0.25) is 0 Å². The summed E-state index contributed by atoms with van der Waals surface area (Å²) in [6.07, 6.45) is 2.48. The maximum absolute atomic E-state index is 5.05. The highest BCUT2D eigenvalue weighted by atomic mass is 16.6. The van der Waals surface area contributed by atoms with E-state index in [4.69, 9.17) is 5.90 Å². The van der Waals surface area contributed by atoms with Crippen LogP contribution < -0.4 is 5.90 Å². The number of hydrogen-bond acceptors (Lipinski definition) is 2. The third-order valence-electron chi connectivity index (χ3n) is 2.51. The molecular weight excluding hydrogens is 138 g/mol. The van der Waals surface area contributed by atoms with E-state index in [9.17, 15) is 0 Å². The minimum Gasteiger partial charge on any atom is -0.304 e. The largest absolute Gasteiger partial charge is 0.304 e. The molecule has 0 aromatic rings. The summed E-state index contributed by atoms with van der Waals surface area (Å²) in [6.45, 7) is 9.49. The summed E-state index contributed by atoms with van der Waals surface area (Å²) in [5.41, 5.74) is 0.213. The molecule has 1 unspecified atom stereocenters. The molecule has 0 saturated carbocycles. The van der Waals surface area contributed by atoms with Gasteiger partial charge in [0.1, 0.15) is 0 Å². The summed E-state index contributed by atoms with van der Waals surface area (Å²) in [5.74, 6) is 5.73. The molecule has 0 rings (SSSR count). The minimum absolute atomic E-state index is 0.213. The molecule has 0 radical (unpaired) electrons. The lowest BCUT2D eigenvalue weighted by Gasteiger charge is -2.30. The van der Waals surface area contributed by atoms with Crippen LogP contribution in [0, 0.1) is 11.3 Å². The topological polar surface area (TPSA) is 35.2 Å². The number of nitrogens with two attached hydrogens (primary N) is 1. The van der Waals surface area contributed by atoms with E-state index in [1.165, 1.54) is 12.8 Å². The summed E-state index contributed by atoms with van der Waals surface area (Å²) in [7, 11) is 0. The first kappa shape index (κ1) is 10.9. The molecule has 2 nitrogen and oxygen atoms in total. The molecule has 2 N–H and O–H groups in total. The fourth-order valence-electron chi connectivity index (χ4n) is 1.18. The van der Waals surface area contributed by atoms with Crippen molar-refractivity contribution in [3.63, 3.8) is 0 Å². The zero-order valence-corrected chi connectivity index (χ0v) is 8.18. The van der Waals surface area contributed by atoms with Gasteiger partial charge >= 0.3 is 0 Å². The Morgan fingerprint density at radius 2 is 2.00 bits per heavy atom. The van der Waals surface area contributed by atoms with Crippen LogP contribution in [0.5, 0.6) is 0 Å². The van der Waals surface area contributed by atoms with Crippen molar-refractivity contribution in [3.05, 3.63) is 0 Å². The molecule has 2 heteroatoms. The quantitative estimate of drug-likeness (QED) is 0.625. The van der Waals surface area contributed by atoms with Gasteiger partial charge in [-0.2, -0.15) is 0 Å². The van der Waals surface area contributed by atoms with Gasteiger partial charge in [0.25, 0.3) is 0 Å². The van der Waals surface area contributed by atoms with Crippen molar-refractivity contribution in [2.45, 2.75) is 40.5 Å². The molecule has 68 valence electrons. The summed E-state index contributed by atoms with van der Waals surface area (Å²) in [5, 5.41) is 0. The van der Waals surface area contributed by atoms with E-state index >= 15 is 0 Å². The minimum atomic E-state index is 0.213. The molecule has 0 spiro atoms. The monoisotopic (exact) mass is 159 g/mol. The first-order valence-electron chi connectivity index (χ1n) is 4.36. The molecule has 0 aliphatic heterocycles. The van der Waals surface area contributed by atoms with Gasteiger partial charge in [0.05, 0.1) is 6.61 Å². The molecule has 0 aliphatic carbocycles. The third kappa shape index (κ3) is 3.73. The summed E-state index contributed by atoms with van der Waals surface area (Å²) in [6, 6.07) is 0. The average Bonchev–Trinajstić information content (AvgIpc) is 1.88. The van der Waals surface area contributed by atoms with Crippen LogP contribution >= 0.6 is 0 Å². The lowest BCUT2D eigenvalue weighted by atomic mass is 9.78. The van der Waals surface area contributed by atoms with E-state index in [0.29, 0.717) is 12.5 Å². The molecule has 0 amide bonds. The van der Waals surface area contributed by atoms with Crippen LogP contribution in [0.3, 0.4) is 0 Å². The van der Waals surface area contributed by atoms with Crippen molar-refractivity contribution in [1.82, 2.24) is 0 Å². The van der Waals surface area contributed by atoms with E-state index in [1.54, 1.807) is 0 Å². The van der Waals surface area contributed by atoms with E-state index in [0.717, 1.165) is 0 Å². The van der Waals surface area contributed by atoms with E-state index in [2.05, 4.69) is 32.5 Å². The van der Waals surface area contributed by atoms with Crippen LogP contribution in [-0.4, -0.2) is 6.61 Å². The highest BCUT2D eigenvalue weighted by Crippen LogP contribution is 2.29. The molecule has 11 heavy (non-hydrogen) atoms. The van der Waals surface area contributed by atoms with Gasteiger partial charge in [-0.1, -0.05) is 40.5 Å². The predicted molar refractivity (Wildman–Crippen MR) is 48.0 cm³/mol. The van der Waals surface area contributed by atoms with Crippen LogP contribution in [0.1, 0.15) is 40.5 Å². The van der Waals surface area contributed by atoms with Gasteiger partial charge in [-0.15, -0.1) is 0 Å². The highest BCUT2D eigenvalue weighted by molar-refractivity contribution is 4.74. The van der Waals surface area contributed by atoms with Gasteiger partial charge in [-0.25, -0.2) is 5.90 Å². The van der Waals surface area contributed by atoms with Gasteiger partial charge < -0.3 is 4.84 Å². The molecule has 0 aromatic heterocycles. The number of hydrogen-bond donors (Lipinski definition) is 1. The first-order valence-corrected chi connectivity index (χ1v) is 4.36. The predicted octanol–water partition coefficient (Wildman–Crippen LogP) is 2.34. The van der Waals surface area contributed by atoms with Crippen LogP contribution in [-0.2, 0) is 4.84 Å². The molecule has 0 aliphatic rings. The summed E-state index contributed by atoms with van der Waals surface area (Å²) >= 11 is 0. The lowest BCUT2D eigenvalue weighted by Crippen LogP contribution is -2.28. The Balaban J connectivity index is 3.83. The molecule has 0 aromatic carbocycles. The zero-order chi connectivity index (χ0) is 8.91.